The SMILES string of the molecule is CC(=O)OC(C)=O.N=NC=NN.N=NC=NN. The van der Waals surface area contributed by atoms with Gasteiger partial charge in [0.1, 0.15) is 0 Å². The van der Waals surface area contributed by atoms with Crippen molar-refractivity contribution in [3.63, 3.8) is 0 Å². The molecule has 0 aromatic rings. The molecule has 0 unspecified atom stereocenters. The van der Waals surface area contributed by atoms with Crippen LogP contribution in [0.2, 0.25) is 0 Å². The Labute approximate surface area is 96.9 Å². The van der Waals surface area contributed by atoms with E-state index in [0.717, 1.165) is 12.7 Å². The monoisotopic (exact) mass is 246 g/mol. The molecule has 0 aliphatic rings. The van der Waals surface area contributed by atoms with Gasteiger partial charge in [0.15, 0.2) is 12.7 Å². The van der Waals surface area contributed by atoms with Crippen LogP contribution in [-0.2, 0) is 14.3 Å². The maximum atomic E-state index is 9.81. The number of hydrogen-bond donors (Lipinski definition) is 4. The molecule has 0 heterocycles. The third-order valence-corrected chi connectivity index (χ3v) is 0.536. The van der Waals surface area contributed by atoms with Gasteiger partial charge < -0.3 is 16.4 Å². The van der Waals surface area contributed by atoms with E-state index in [1.165, 1.54) is 13.8 Å². The first-order chi connectivity index (χ1) is 7.95. The molecule has 6 N–H and O–H groups in total. The van der Waals surface area contributed by atoms with Gasteiger partial charge in [-0.25, -0.2) is 11.1 Å². The van der Waals surface area contributed by atoms with Gasteiger partial charge in [0.05, 0.1) is 0 Å². The molecule has 0 atom stereocenters. The van der Waals surface area contributed by atoms with Gasteiger partial charge >= 0.3 is 11.9 Å². The second-order valence-electron chi connectivity index (χ2n) is 1.87. The van der Waals surface area contributed by atoms with Crippen molar-refractivity contribution in [2.24, 2.45) is 32.1 Å². The standard InChI is InChI=1S/C4H6O3.2CH4N4/c1-3(5)7-4(2)6;2*2-4-1-5-3/h1-2H3;2*1-2H,3H2. The first kappa shape index (κ1) is 19.8. The highest BCUT2D eigenvalue weighted by atomic mass is 16.6. The van der Waals surface area contributed by atoms with E-state index in [9.17, 15) is 9.59 Å². The summed E-state index contributed by atoms with van der Waals surface area (Å²) < 4.78 is 3.97. The number of ether oxygens (including phenoxy) is 1. The molecule has 0 saturated carbocycles. The highest BCUT2D eigenvalue weighted by Crippen LogP contribution is 1.73. The average Bonchev–Trinajstić information content (AvgIpc) is 2.19. The predicted molar refractivity (Wildman–Crippen MR) is 58.1 cm³/mol. The number of hydrogen-bond acceptors (Lipinski definition) is 9. The summed E-state index contributed by atoms with van der Waals surface area (Å²) in [6.07, 6.45) is 1.89. The molecule has 96 valence electrons. The van der Waals surface area contributed by atoms with E-state index in [1.54, 1.807) is 0 Å². The molecule has 11 nitrogen and oxygen atoms in total. The van der Waals surface area contributed by atoms with Gasteiger partial charge in [-0.05, 0) is 0 Å². The van der Waals surface area contributed by atoms with E-state index in [-0.39, 0.29) is 0 Å². The van der Waals surface area contributed by atoms with Gasteiger partial charge in [0.25, 0.3) is 0 Å². The highest BCUT2D eigenvalue weighted by molar-refractivity contribution is 5.82. The summed E-state index contributed by atoms with van der Waals surface area (Å²) in [5.41, 5.74) is 12.0. The zero-order valence-electron chi connectivity index (χ0n) is 9.32. The number of nitrogens with zero attached hydrogens (tertiary/aromatic N) is 4. The molecule has 0 amide bonds. The first-order valence-corrected chi connectivity index (χ1v) is 3.81. The molecule has 11 heteroatoms. The second-order valence-corrected chi connectivity index (χ2v) is 1.87. The summed E-state index contributed by atoms with van der Waals surface area (Å²) in [6.45, 7) is 2.36. The van der Waals surface area contributed by atoms with E-state index >= 15 is 0 Å². The van der Waals surface area contributed by atoms with Crippen LogP contribution in [0.3, 0.4) is 0 Å². The summed E-state index contributed by atoms with van der Waals surface area (Å²) in [5, 5.41) is 11.1. The number of rotatable bonds is 2. The predicted octanol–water partition coefficient (Wildman–Crippen LogP) is -0.0653. The Kier molecular flexibility index (Phi) is 22.1. The topological polar surface area (TPSA) is 193 Å². The molecule has 0 aromatic carbocycles. The van der Waals surface area contributed by atoms with Crippen LogP contribution in [0, 0.1) is 11.1 Å². The quantitative estimate of drug-likeness (QED) is 0.100. The molecule has 0 aliphatic heterocycles. The number of hydrazone groups is 2. The minimum Gasteiger partial charge on any atom is -0.394 e. The molecule has 0 rings (SSSR count). The highest BCUT2D eigenvalue weighted by Gasteiger charge is 1.93. The van der Waals surface area contributed by atoms with Crippen LogP contribution in [0.5, 0.6) is 0 Å². The van der Waals surface area contributed by atoms with Crippen molar-refractivity contribution in [1.82, 2.24) is 0 Å². The van der Waals surface area contributed by atoms with Crippen molar-refractivity contribution in [3.8, 4) is 0 Å². The lowest BCUT2D eigenvalue weighted by molar-refractivity contribution is -0.156. The number of nitrogens with two attached hydrogens (primary N) is 2. The fourth-order valence-corrected chi connectivity index (χ4v) is 0.269. The van der Waals surface area contributed by atoms with Crippen molar-refractivity contribution >= 4 is 24.6 Å². The van der Waals surface area contributed by atoms with Crippen LogP contribution in [0.15, 0.2) is 20.4 Å². The van der Waals surface area contributed by atoms with Crippen LogP contribution in [0.25, 0.3) is 0 Å². The molecule has 0 saturated heterocycles. The summed E-state index contributed by atoms with van der Waals surface area (Å²) in [4.78, 5) is 19.6. The number of carbonyl (C=O) groups excluding carboxylic acids is 2. The fourth-order valence-electron chi connectivity index (χ4n) is 0.269. The van der Waals surface area contributed by atoms with E-state index in [1.807, 2.05) is 0 Å². The van der Waals surface area contributed by atoms with Gasteiger partial charge in [0, 0.05) is 13.8 Å². The number of carbonyl (C=O) groups is 2. The average molecular weight is 246 g/mol. The molecule has 0 radical (unpaired) electrons. The zero-order valence-corrected chi connectivity index (χ0v) is 9.32. The van der Waals surface area contributed by atoms with E-state index < -0.39 is 11.9 Å². The Morgan fingerprint density at radius 3 is 1.29 bits per heavy atom. The van der Waals surface area contributed by atoms with Crippen molar-refractivity contribution in [3.05, 3.63) is 0 Å². The van der Waals surface area contributed by atoms with Crippen LogP contribution >= 0.6 is 0 Å². The van der Waals surface area contributed by atoms with Crippen LogP contribution in [-0.4, -0.2) is 24.6 Å². The lowest BCUT2D eigenvalue weighted by atomic mass is 10.7. The van der Waals surface area contributed by atoms with E-state index in [0.29, 0.717) is 0 Å². The number of esters is 2. The van der Waals surface area contributed by atoms with Crippen molar-refractivity contribution in [1.29, 1.82) is 11.1 Å². The zero-order chi connectivity index (χ0) is 14.1. The summed E-state index contributed by atoms with van der Waals surface area (Å²) in [5.74, 6) is 7.86. The van der Waals surface area contributed by atoms with E-state index in [2.05, 4.69) is 36.9 Å². The van der Waals surface area contributed by atoms with Crippen molar-refractivity contribution < 1.29 is 14.3 Å². The Morgan fingerprint density at radius 2 is 1.29 bits per heavy atom. The summed E-state index contributed by atoms with van der Waals surface area (Å²) >= 11 is 0. The third kappa shape index (κ3) is 60.6. The molecule has 0 spiro atoms. The normalized spacial score (nSPS) is 8.35. The molecule has 0 aliphatic carbocycles. The summed E-state index contributed by atoms with van der Waals surface area (Å²) in [7, 11) is 0. The molecule has 0 bridgehead atoms. The number of nitrogens with one attached hydrogen (secondary N) is 2. The minimum absolute atomic E-state index is 0.562. The Hall–Kier alpha value is -2.72. The van der Waals surface area contributed by atoms with Gasteiger partial charge in [-0.2, -0.15) is 10.2 Å². The van der Waals surface area contributed by atoms with Crippen molar-refractivity contribution in [2.75, 3.05) is 0 Å². The van der Waals surface area contributed by atoms with Crippen molar-refractivity contribution in [2.45, 2.75) is 13.8 Å². The largest absolute Gasteiger partial charge is 0.394 e. The molecular formula is C6H14N8O3. The van der Waals surface area contributed by atoms with E-state index in [4.69, 9.17) is 11.1 Å². The molecule has 17 heavy (non-hydrogen) atoms. The summed E-state index contributed by atoms with van der Waals surface area (Å²) in [6, 6.07) is 0. The van der Waals surface area contributed by atoms with Gasteiger partial charge in [-0.3, -0.25) is 9.59 Å². The lowest BCUT2D eigenvalue weighted by Crippen LogP contribution is -2.03. The van der Waals surface area contributed by atoms with Crippen LogP contribution < -0.4 is 11.7 Å². The minimum atomic E-state index is -0.562. The Balaban J connectivity index is -0.000000177. The Bertz CT molecular complexity index is 259. The van der Waals surface area contributed by atoms with Gasteiger partial charge in [-0.15, -0.1) is 10.2 Å². The molecule has 0 fully saturated rings. The smallest absolute Gasteiger partial charge is 0.310 e. The van der Waals surface area contributed by atoms with Gasteiger partial charge in [0.2, 0.25) is 0 Å². The third-order valence-electron chi connectivity index (χ3n) is 0.536. The van der Waals surface area contributed by atoms with Crippen LogP contribution in [0.1, 0.15) is 13.8 Å². The maximum Gasteiger partial charge on any atom is 0.310 e. The molecular weight excluding hydrogens is 232 g/mol. The maximum absolute atomic E-state index is 9.81. The molecule has 0 aromatic heterocycles. The lowest BCUT2D eigenvalue weighted by Gasteiger charge is -1.87. The van der Waals surface area contributed by atoms with Gasteiger partial charge in [-0.1, -0.05) is 0 Å². The Morgan fingerprint density at radius 1 is 1.00 bits per heavy atom. The fraction of sp³-hybridized carbons (Fsp3) is 0.333. The second kappa shape index (κ2) is 18.9. The van der Waals surface area contributed by atoms with Crippen LogP contribution in [0.4, 0.5) is 0 Å². The first-order valence-electron chi connectivity index (χ1n) is 3.81.